The third-order valence-corrected chi connectivity index (χ3v) is 7.54. The highest BCUT2D eigenvalue weighted by atomic mass is 35.5. The molecule has 7 nitrogen and oxygen atoms in total. The van der Waals surface area contributed by atoms with Crippen LogP contribution < -0.4 is 4.74 Å². The van der Waals surface area contributed by atoms with E-state index in [2.05, 4.69) is 10.2 Å². The average Bonchev–Trinajstić information content (AvgIpc) is 3.20. The Hall–Kier alpha value is -3.14. The summed E-state index contributed by atoms with van der Waals surface area (Å²) in [6.07, 6.45) is 0. The fourth-order valence-electron chi connectivity index (χ4n) is 3.69. The van der Waals surface area contributed by atoms with Gasteiger partial charge in [0.05, 0.1) is 10.0 Å². The van der Waals surface area contributed by atoms with Gasteiger partial charge < -0.3 is 4.74 Å². The first-order chi connectivity index (χ1) is 17.6. The summed E-state index contributed by atoms with van der Waals surface area (Å²) >= 11 is 14.2. The van der Waals surface area contributed by atoms with Crippen molar-refractivity contribution < 1.29 is 14.1 Å². The van der Waals surface area contributed by atoms with Crippen LogP contribution in [0.2, 0.25) is 10.0 Å². The molecular formula is C26H23Cl2FN4O3S. The SMILES string of the molecule is Cc1ccc(-n2c(C)nnc2S[C@H](C[N+](=O)[O-])c2cc(Cl)c(OCc3ccc(F)cc3)c(Cl)c2)cc1C. The highest BCUT2D eigenvalue weighted by Crippen LogP contribution is 2.42. The first-order valence-corrected chi connectivity index (χ1v) is 12.9. The number of hydrogen-bond donors (Lipinski definition) is 0. The Kier molecular flexibility index (Phi) is 8.36. The molecule has 0 amide bonds. The van der Waals surface area contributed by atoms with Crippen LogP contribution in [0.4, 0.5) is 4.39 Å². The van der Waals surface area contributed by atoms with E-state index in [0.717, 1.165) is 22.4 Å². The Morgan fingerprint density at radius 2 is 1.70 bits per heavy atom. The van der Waals surface area contributed by atoms with Crippen LogP contribution in [0.25, 0.3) is 5.69 Å². The van der Waals surface area contributed by atoms with Gasteiger partial charge in [0.2, 0.25) is 6.54 Å². The number of thioether (sulfide) groups is 1. The minimum Gasteiger partial charge on any atom is -0.486 e. The molecule has 4 aromatic rings. The molecule has 0 saturated carbocycles. The quantitative estimate of drug-likeness (QED) is 0.121. The Balaban J connectivity index is 1.62. The third kappa shape index (κ3) is 6.41. The molecule has 1 heterocycles. The zero-order valence-electron chi connectivity index (χ0n) is 20.2. The Morgan fingerprint density at radius 3 is 2.32 bits per heavy atom. The van der Waals surface area contributed by atoms with Gasteiger partial charge in [-0.1, -0.05) is 53.2 Å². The molecule has 0 N–H and O–H groups in total. The molecule has 0 bridgehead atoms. The summed E-state index contributed by atoms with van der Waals surface area (Å²) in [5, 5.41) is 20.3. The second-order valence-corrected chi connectivity index (χ2v) is 10.5. The summed E-state index contributed by atoms with van der Waals surface area (Å²) < 4.78 is 20.8. The summed E-state index contributed by atoms with van der Waals surface area (Å²) in [4.78, 5) is 11.2. The molecule has 11 heteroatoms. The van der Waals surface area contributed by atoms with E-state index in [1.807, 2.05) is 43.5 Å². The zero-order valence-corrected chi connectivity index (χ0v) is 22.6. The summed E-state index contributed by atoms with van der Waals surface area (Å²) in [6, 6.07) is 15.1. The van der Waals surface area contributed by atoms with Gasteiger partial charge >= 0.3 is 0 Å². The van der Waals surface area contributed by atoms with Crippen LogP contribution in [0.3, 0.4) is 0 Å². The second-order valence-electron chi connectivity index (χ2n) is 8.48. The number of aromatic nitrogens is 3. The number of benzene rings is 3. The van der Waals surface area contributed by atoms with Crippen molar-refractivity contribution in [1.82, 2.24) is 14.8 Å². The van der Waals surface area contributed by atoms with Crippen molar-refractivity contribution in [3.8, 4) is 11.4 Å². The fraction of sp³-hybridized carbons (Fsp3) is 0.231. The Labute approximate surface area is 227 Å². The standard InChI is InChI=1S/C26H23Cl2FN4O3S/c1-15-4-9-21(10-16(15)2)33-17(3)30-31-26(33)37-24(13-32(34)35)19-11-22(27)25(23(28)12-19)36-14-18-5-7-20(29)8-6-18/h4-12,24H,13-14H2,1-3H3/t24-/m1/s1. The van der Waals surface area contributed by atoms with Gasteiger partial charge in [-0.25, -0.2) is 4.39 Å². The Morgan fingerprint density at radius 1 is 1.03 bits per heavy atom. The molecule has 37 heavy (non-hydrogen) atoms. The lowest BCUT2D eigenvalue weighted by molar-refractivity contribution is -0.479. The predicted octanol–water partition coefficient (Wildman–Crippen LogP) is 7.33. The van der Waals surface area contributed by atoms with Gasteiger partial charge in [0.15, 0.2) is 10.9 Å². The first kappa shape index (κ1) is 26.9. The van der Waals surface area contributed by atoms with E-state index in [1.54, 1.807) is 24.3 Å². The molecule has 0 fully saturated rings. The van der Waals surface area contributed by atoms with Crippen molar-refractivity contribution in [2.75, 3.05) is 6.54 Å². The van der Waals surface area contributed by atoms with Gasteiger partial charge in [-0.3, -0.25) is 14.7 Å². The minimum atomic E-state index is -0.648. The number of ether oxygens (including phenoxy) is 1. The number of nitrogens with zero attached hydrogens (tertiary/aromatic N) is 4. The van der Waals surface area contributed by atoms with E-state index in [4.69, 9.17) is 27.9 Å². The van der Waals surface area contributed by atoms with Gasteiger partial charge in [0, 0.05) is 10.6 Å². The lowest BCUT2D eigenvalue weighted by Gasteiger charge is -2.17. The summed E-state index contributed by atoms with van der Waals surface area (Å²) in [5.74, 6) is 0.559. The molecule has 0 spiro atoms. The van der Waals surface area contributed by atoms with Crippen LogP contribution in [-0.4, -0.2) is 26.2 Å². The number of aryl methyl sites for hydroxylation is 3. The van der Waals surface area contributed by atoms with Crippen LogP contribution in [0, 0.1) is 36.7 Å². The van der Waals surface area contributed by atoms with Crippen molar-refractivity contribution in [3.63, 3.8) is 0 Å². The molecule has 192 valence electrons. The zero-order chi connectivity index (χ0) is 26.7. The maximum atomic E-state index is 13.2. The largest absolute Gasteiger partial charge is 0.486 e. The maximum Gasteiger partial charge on any atom is 0.220 e. The van der Waals surface area contributed by atoms with Crippen LogP contribution >= 0.6 is 35.0 Å². The number of halogens is 3. The molecule has 1 aromatic heterocycles. The van der Waals surface area contributed by atoms with Crippen molar-refractivity contribution in [2.45, 2.75) is 37.8 Å². The van der Waals surface area contributed by atoms with Crippen molar-refractivity contribution in [3.05, 3.63) is 109 Å². The van der Waals surface area contributed by atoms with E-state index in [1.165, 1.54) is 23.9 Å². The minimum absolute atomic E-state index is 0.129. The smallest absolute Gasteiger partial charge is 0.220 e. The lowest BCUT2D eigenvalue weighted by Crippen LogP contribution is -2.11. The molecule has 0 radical (unpaired) electrons. The van der Waals surface area contributed by atoms with Crippen LogP contribution in [0.1, 0.15) is 33.3 Å². The van der Waals surface area contributed by atoms with E-state index in [-0.39, 0.29) is 39.7 Å². The molecular weight excluding hydrogens is 538 g/mol. The highest BCUT2D eigenvalue weighted by molar-refractivity contribution is 7.99. The van der Waals surface area contributed by atoms with E-state index in [0.29, 0.717) is 16.5 Å². The number of hydrogen-bond acceptors (Lipinski definition) is 6. The first-order valence-electron chi connectivity index (χ1n) is 11.3. The monoisotopic (exact) mass is 560 g/mol. The van der Waals surface area contributed by atoms with E-state index >= 15 is 0 Å². The molecule has 0 aliphatic heterocycles. The third-order valence-electron chi connectivity index (χ3n) is 5.80. The fourth-order valence-corrected chi connectivity index (χ4v) is 5.46. The van der Waals surface area contributed by atoms with E-state index in [9.17, 15) is 14.5 Å². The molecule has 0 aliphatic carbocycles. The predicted molar refractivity (Wildman–Crippen MR) is 143 cm³/mol. The van der Waals surface area contributed by atoms with Crippen LogP contribution in [0.15, 0.2) is 59.8 Å². The van der Waals surface area contributed by atoms with Gasteiger partial charge in [0.1, 0.15) is 23.5 Å². The molecule has 0 saturated heterocycles. The topological polar surface area (TPSA) is 83.1 Å². The summed E-state index contributed by atoms with van der Waals surface area (Å²) in [7, 11) is 0. The number of rotatable bonds is 9. The Bertz CT molecular complexity index is 1420. The van der Waals surface area contributed by atoms with Crippen LogP contribution in [0.5, 0.6) is 5.75 Å². The summed E-state index contributed by atoms with van der Waals surface area (Å²) in [6.45, 7) is 5.62. The van der Waals surface area contributed by atoms with Crippen molar-refractivity contribution in [2.24, 2.45) is 0 Å². The average molecular weight is 561 g/mol. The van der Waals surface area contributed by atoms with Gasteiger partial charge in [-0.05, 0) is 79.4 Å². The van der Waals surface area contributed by atoms with Crippen molar-refractivity contribution in [1.29, 1.82) is 0 Å². The van der Waals surface area contributed by atoms with Gasteiger partial charge in [-0.2, -0.15) is 0 Å². The van der Waals surface area contributed by atoms with Gasteiger partial charge in [0.25, 0.3) is 0 Å². The van der Waals surface area contributed by atoms with Crippen molar-refractivity contribution >= 4 is 35.0 Å². The molecule has 4 rings (SSSR count). The molecule has 0 aliphatic rings. The number of nitro groups is 1. The second kappa shape index (κ2) is 11.5. The van der Waals surface area contributed by atoms with E-state index < -0.39 is 5.25 Å². The van der Waals surface area contributed by atoms with Crippen LogP contribution in [-0.2, 0) is 6.61 Å². The normalized spacial score (nSPS) is 11.9. The summed E-state index contributed by atoms with van der Waals surface area (Å²) in [5.41, 5.74) is 4.42. The maximum absolute atomic E-state index is 13.2. The van der Waals surface area contributed by atoms with Gasteiger partial charge in [-0.15, -0.1) is 10.2 Å². The molecule has 0 unspecified atom stereocenters. The molecule has 1 atom stereocenters. The molecule has 3 aromatic carbocycles. The lowest BCUT2D eigenvalue weighted by atomic mass is 10.1. The highest BCUT2D eigenvalue weighted by Gasteiger charge is 2.26.